The molecule has 7 nitrogen and oxygen atoms in total. The Kier molecular flexibility index (Phi) is 8.74. The van der Waals surface area contributed by atoms with Crippen LogP contribution in [0.3, 0.4) is 0 Å². The second-order valence-electron chi connectivity index (χ2n) is 7.59. The summed E-state index contributed by atoms with van der Waals surface area (Å²) >= 11 is 0. The van der Waals surface area contributed by atoms with Gasteiger partial charge in [0.05, 0.1) is 26.5 Å². The highest BCUT2D eigenvalue weighted by Gasteiger charge is 2.24. The Labute approximate surface area is 190 Å². The van der Waals surface area contributed by atoms with Crippen LogP contribution in [-0.2, 0) is 20.0 Å². The highest BCUT2D eigenvalue weighted by Crippen LogP contribution is 2.48. The molecule has 174 valence electrons. The number of nitrogens with zero attached hydrogens (tertiary/aromatic N) is 2. The van der Waals surface area contributed by atoms with Crippen LogP contribution in [0.1, 0.15) is 29.8 Å². The smallest absolute Gasteiger partial charge is 0.330 e. The molecule has 0 aliphatic carbocycles. The first-order valence-corrected chi connectivity index (χ1v) is 12.9. The number of aryl methyl sites for hydroxylation is 1. The molecular formula is C24H33N2O5P. The fourth-order valence-corrected chi connectivity index (χ4v) is 5.43. The molecule has 3 rings (SSSR count). The van der Waals surface area contributed by atoms with E-state index in [1.807, 2.05) is 67.3 Å². The number of piperazine rings is 1. The summed E-state index contributed by atoms with van der Waals surface area (Å²) in [7, 11) is -1.40. The zero-order chi connectivity index (χ0) is 23.0. The van der Waals surface area contributed by atoms with Crippen LogP contribution in [0.25, 0.3) is 0 Å². The first-order chi connectivity index (χ1) is 15.5. The molecular weight excluding hydrogens is 427 g/mol. The molecule has 0 N–H and O–H groups in total. The van der Waals surface area contributed by atoms with Crippen molar-refractivity contribution in [3.63, 3.8) is 0 Å². The summed E-state index contributed by atoms with van der Waals surface area (Å²) in [6.07, 6.45) is 0.904. The van der Waals surface area contributed by atoms with E-state index >= 15 is 0 Å². The quantitative estimate of drug-likeness (QED) is 0.488. The van der Waals surface area contributed by atoms with Crippen molar-refractivity contribution < 1.29 is 23.1 Å². The van der Waals surface area contributed by atoms with E-state index in [1.165, 1.54) is 0 Å². The molecule has 1 aliphatic rings. The van der Waals surface area contributed by atoms with Gasteiger partial charge in [0.1, 0.15) is 5.75 Å². The van der Waals surface area contributed by atoms with E-state index < -0.39 is 7.60 Å². The SMILES string of the molecule is CCOP(=O)(CCc1ccc(C(=O)N2CCN(c3ccc(OC)cc3)CC2)cc1)OCC. The van der Waals surface area contributed by atoms with Crippen molar-refractivity contribution >= 4 is 19.2 Å². The molecule has 8 heteroatoms. The van der Waals surface area contributed by atoms with Crippen LogP contribution in [-0.4, -0.2) is 63.5 Å². The monoisotopic (exact) mass is 460 g/mol. The standard InChI is InChI=1S/C24H33N2O5P/c1-4-30-32(28,31-5-2)19-14-20-6-8-21(9-7-20)24(27)26-17-15-25(16-18-26)22-10-12-23(29-3)13-11-22/h6-13H,4-5,14-19H2,1-3H3. The number of hydrogen-bond acceptors (Lipinski definition) is 6. The fourth-order valence-electron chi connectivity index (χ4n) is 3.78. The zero-order valence-corrected chi connectivity index (χ0v) is 20.1. The first-order valence-electron chi connectivity index (χ1n) is 11.1. The molecule has 0 unspecified atom stereocenters. The van der Waals surface area contributed by atoms with Gasteiger partial charge >= 0.3 is 7.60 Å². The van der Waals surface area contributed by atoms with Gasteiger partial charge in [0.25, 0.3) is 5.91 Å². The second kappa shape index (κ2) is 11.5. The summed E-state index contributed by atoms with van der Waals surface area (Å²) in [6, 6.07) is 15.5. The third-order valence-corrected chi connectivity index (χ3v) is 7.61. The topological polar surface area (TPSA) is 68.3 Å². The lowest BCUT2D eigenvalue weighted by Gasteiger charge is -2.36. The van der Waals surface area contributed by atoms with Crippen LogP contribution in [0.4, 0.5) is 5.69 Å². The van der Waals surface area contributed by atoms with E-state index in [0.29, 0.717) is 44.4 Å². The van der Waals surface area contributed by atoms with E-state index in [4.69, 9.17) is 13.8 Å². The van der Waals surface area contributed by atoms with Gasteiger partial charge in [0.2, 0.25) is 0 Å². The minimum Gasteiger partial charge on any atom is -0.497 e. The largest absolute Gasteiger partial charge is 0.497 e. The zero-order valence-electron chi connectivity index (χ0n) is 19.2. The summed E-state index contributed by atoms with van der Waals surface area (Å²) in [4.78, 5) is 17.1. The van der Waals surface area contributed by atoms with Crippen molar-refractivity contribution in [1.29, 1.82) is 0 Å². The van der Waals surface area contributed by atoms with E-state index in [0.717, 1.165) is 30.1 Å². The number of rotatable bonds is 10. The Balaban J connectivity index is 1.53. The number of carbonyl (C=O) groups excluding carboxylic acids is 1. The molecule has 0 atom stereocenters. The van der Waals surface area contributed by atoms with Gasteiger partial charge in [-0.25, -0.2) is 0 Å². The molecule has 0 saturated carbocycles. The van der Waals surface area contributed by atoms with Crippen LogP contribution in [0.5, 0.6) is 5.75 Å². The average Bonchev–Trinajstić information content (AvgIpc) is 2.83. The molecule has 0 bridgehead atoms. The first kappa shape index (κ1) is 24.3. The van der Waals surface area contributed by atoms with Gasteiger partial charge in [-0.1, -0.05) is 12.1 Å². The molecule has 1 fully saturated rings. The molecule has 1 aliphatic heterocycles. The Hall–Kier alpha value is -2.34. The normalized spacial score (nSPS) is 14.5. The lowest BCUT2D eigenvalue weighted by Crippen LogP contribution is -2.48. The fraction of sp³-hybridized carbons (Fsp3) is 0.458. The number of ether oxygens (including phenoxy) is 1. The number of methoxy groups -OCH3 is 1. The summed E-state index contributed by atoms with van der Waals surface area (Å²) < 4.78 is 28.5. The van der Waals surface area contributed by atoms with E-state index in [2.05, 4.69) is 4.90 Å². The Morgan fingerprint density at radius 3 is 2.03 bits per heavy atom. The van der Waals surface area contributed by atoms with Gasteiger partial charge in [0, 0.05) is 37.4 Å². The van der Waals surface area contributed by atoms with E-state index in [1.54, 1.807) is 7.11 Å². The molecule has 2 aromatic carbocycles. The van der Waals surface area contributed by atoms with Gasteiger partial charge in [0.15, 0.2) is 0 Å². The van der Waals surface area contributed by atoms with Crippen molar-refractivity contribution in [3.05, 3.63) is 59.7 Å². The number of carbonyl (C=O) groups is 1. The van der Waals surface area contributed by atoms with Crippen LogP contribution in [0, 0.1) is 0 Å². The average molecular weight is 461 g/mol. The van der Waals surface area contributed by atoms with Crippen molar-refractivity contribution in [2.75, 3.05) is 57.6 Å². The molecule has 2 aromatic rings. The van der Waals surface area contributed by atoms with Crippen molar-refractivity contribution in [2.24, 2.45) is 0 Å². The predicted octanol–water partition coefficient (Wildman–Crippen LogP) is 4.47. The van der Waals surface area contributed by atoms with Crippen molar-refractivity contribution in [3.8, 4) is 5.75 Å². The summed E-state index contributed by atoms with van der Waals surface area (Å²) in [5.74, 6) is 0.879. The third kappa shape index (κ3) is 6.35. The van der Waals surface area contributed by atoms with Gasteiger partial charge in [-0.05, 0) is 62.2 Å². The highest BCUT2D eigenvalue weighted by atomic mass is 31.2. The molecule has 32 heavy (non-hydrogen) atoms. The number of anilines is 1. The van der Waals surface area contributed by atoms with Crippen LogP contribution in [0.2, 0.25) is 0 Å². The number of hydrogen-bond donors (Lipinski definition) is 0. The Morgan fingerprint density at radius 2 is 1.50 bits per heavy atom. The van der Waals surface area contributed by atoms with Crippen LogP contribution >= 0.6 is 7.60 Å². The molecule has 1 saturated heterocycles. The molecule has 1 amide bonds. The van der Waals surface area contributed by atoms with E-state index in [9.17, 15) is 9.36 Å². The van der Waals surface area contributed by atoms with Crippen molar-refractivity contribution in [1.82, 2.24) is 4.90 Å². The van der Waals surface area contributed by atoms with Gasteiger partial charge in [-0.2, -0.15) is 0 Å². The highest BCUT2D eigenvalue weighted by molar-refractivity contribution is 7.53. The maximum absolute atomic E-state index is 12.9. The Bertz CT molecular complexity index is 899. The minimum absolute atomic E-state index is 0.0419. The van der Waals surface area contributed by atoms with Crippen LogP contribution in [0.15, 0.2) is 48.5 Å². The number of amides is 1. The summed E-state index contributed by atoms with van der Waals surface area (Å²) in [5, 5.41) is 0. The third-order valence-electron chi connectivity index (χ3n) is 5.53. The summed E-state index contributed by atoms with van der Waals surface area (Å²) in [5.41, 5.74) is 2.81. The summed E-state index contributed by atoms with van der Waals surface area (Å²) in [6.45, 7) is 7.27. The van der Waals surface area contributed by atoms with Crippen molar-refractivity contribution in [2.45, 2.75) is 20.3 Å². The van der Waals surface area contributed by atoms with Gasteiger partial charge in [-0.15, -0.1) is 0 Å². The maximum atomic E-state index is 12.9. The number of benzene rings is 2. The lowest BCUT2D eigenvalue weighted by atomic mass is 10.1. The molecule has 0 aromatic heterocycles. The molecule has 0 radical (unpaired) electrons. The maximum Gasteiger partial charge on any atom is 0.330 e. The lowest BCUT2D eigenvalue weighted by molar-refractivity contribution is 0.0746. The van der Waals surface area contributed by atoms with E-state index in [-0.39, 0.29) is 5.91 Å². The molecule has 0 spiro atoms. The minimum atomic E-state index is -3.06. The second-order valence-corrected chi connectivity index (χ2v) is 9.78. The van der Waals surface area contributed by atoms with Gasteiger partial charge < -0.3 is 23.6 Å². The molecule has 1 heterocycles. The predicted molar refractivity (Wildman–Crippen MR) is 127 cm³/mol. The Morgan fingerprint density at radius 1 is 0.906 bits per heavy atom. The van der Waals surface area contributed by atoms with Crippen LogP contribution < -0.4 is 9.64 Å². The van der Waals surface area contributed by atoms with Gasteiger partial charge in [-0.3, -0.25) is 9.36 Å².